The quantitative estimate of drug-likeness (QED) is 0.582. The van der Waals surface area contributed by atoms with E-state index in [9.17, 15) is 9.59 Å². The zero-order chi connectivity index (χ0) is 22.5. The van der Waals surface area contributed by atoms with Gasteiger partial charge in [0.2, 0.25) is 5.91 Å². The molecule has 4 bridgehead atoms. The van der Waals surface area contributed by atoms with Gasteiger partial charge in [-0.2, -0.15) is 0 Å². The van der Waals surface area contributed by atoms with Gasteiger partial charge < -0.3 is 10.1 Å². The molecule has 4 nitrogen and oxygen atoms in total. The first-order valence-electron chi connectivity index (χ1n) is 14.0. The molecule has 0 saturated heterocycles. The van der Waals surface area contributed by atoms with Crippen LogP contribution in [0.1, 0.15) is 84.5 Å². The van der Waals surface area contributed by atoms with Crippen molar-refractivity contribution in [3.05, 3.63) is 12.2 Å². The van der Waals surface area contributed by atoms with Gasteiger partial charge in [0.05, 0.1) is 0 Å². The minimum absolute atomic E-state index is 0.0289. The molecular weight excluding hydrogens is 410 g/mol. The molecule has 1 amide bonds. The summed E-state index contributed by atoms with van der Waals surface area (Å²) in [5, 5.41) is 3.65. The van der Waals surface area contributed by atoms with Crippen molar-refractivity contribution in [2.45, 2.75) is 96.6 Å². The number of carbonyl (C=O) groups excluding carboxylic acids is 2. The second kappa shape index (κ2) is 7.10. The number of rotatable bonds is 2. The van der Waals surface area contributed by atoms with Crippen molar-refractivity contribution in [1.82, 2.24) is 5.32 Å². The number of hydrogen-bond acceptors (Lipinski definition) is 3. The molecule has 33 heavy (non-hydrogen) atoms. The fraction of sp³-hybridized carbons (Fsp3) is 0.862. The summed E-state index contributed by atoms with van der Waals surface area (Å²) in [5.41, 5.74) is 0.268. The molecule has 1 heterocycles. The smallest absolute Gasteiger partial charge is 0.330 e. The summed E-state index contributed by atoms with van der Waals surface area (Å²) in [6.07, 6.45) is 17.5. The standard InChI is InChI=1S/C29H41NO3/c1-28-7-5-22-21(3-4-24-29(22,2)8-6-25(31)33-24)23(28)14-20(15-28)27(32)30-26-18-10-16-9-17(12-18)13-19(26)11-16/h6,8,16-24,26H,3-5,7,9-15H2,1-2H3,(H,30,32)/t16?,17?,18?,19?,20-,21+,22-,23-,24+,26?,28+,29+/m0/s1. The molecule has 4 heteroatoms. The molecule has 0 aromatic rings. The van der Waals surface area contributed by atoms with Crippen LogP contribution in [0.25, 0.3) is 0 Å². The molecule has 0 unspecified atom stereocenters. The molecule has 7 fully saturated rings. The third-order valence-electron chi connectivity index (χ3n) is 12.2. The summed E-state index contributed by atoms with van der Waals surface area (Å²) in [7, 11) is 0. The van der Waals surface area contributed by atoms with Crippen molar-refractivity contribution in [1.29, 1.82) is 0 Å². The molecule has 0 aromatic heterocycles. The Morgan fingerprint density at radius 3 is 2.42 bits per heavy atom. The predicted molar refractivity (Wildman–Crippen MR) is 126 cm³/mol. The minimum atomic E-state index is -0.168. The van der Waals surface area contributed by atoms with Crippen LogP contribution in [-0.4, -0.2) is 24.0 Å². The number of fused-ring (bicyclic) bond motifs is 5. The van der Waals surface area contributed by atoms with Crippen LogP contribution in [0.5, 0.6) is 0 Å². The fourth-order valence-electron chi connectivity index (χ4n) is 10.9. The predicted octanol–water partition coefficient (Wildman–Crippen LogP) is 5.27. The van der Waals surface area contributed by atoms with Gasteiger partial charge in [-0.3, -0.25) is 4.79 Å². The average molecular weight is 452 g/mol. The van der Waals surface area contributed by atoms with Crippen molar-refractivity contribution < 1.29 is 14.3 Å². The third kappa shape index (κ3) is 3.07. The Bertz CT molecular complexity index is 867. The van der Waals surface area contributed by atoms with E-state index in [2.05, 4.69) is 25.2 Å². The Balaban J connectivity index is 1.07. The van der Waals surface area contributed by atoms with Crippen LogP contribution in [0, 0.1) is 58.2 Å². The van der Waals surface area contributed by atoms with Crippen LogP contribution >= 0.6 is 0 Å². The molecule has 0 radical (unpaired) electrons. The molecule has 8 rings (SSSR count). The van der Waals surface area contributed by atoms with E-state index in [1.54, 1.807) is 6.08 Å². The van der Waals surface area contributed by atoms with Crippen LogP contribution in [-0.2, 0) is 14.3 Å². The highest BCUT2D eigenvalue weighted by molar-refractivity contribution is 5.83. The Labute approximate surface area is 198 Å². The van der Waals surface area contributed by atoms with Gasteiger partial charge in [0, 0.05) is 23.5 Å². The van der Waals surface area contributed by atoms with Gasteiger partial charge in [0.1, 0.15) is 6.10 Å². The molecule has 7 saturated carbocycles. The highest BCUT2D eigenvalue weighted by atomic mass is 16.5. The highest BCUT2D eigenvalue weighted by Gasteiger charge is 2.60. The van der Waals surface area contributed by atoms with E-state index in [0.717, 1.165) is 49.4 Å². The molecule has 1 aliphatic heterocycles. The Kier molecular flexibility index (Phi) is 4.52. The van der Waals surface area contributed by atoms with Gasteiger partial charge >= 0.3 is 5.97 Å². The van der Waals surface area contributed by atoms with E-state index < -0.39 is 0 Å². The van der Waals surface area contributed by atoms with Crippen LogP contribution in [0.15, 0.2) is 12.2 Å². The first-order valence-corrected chi connectivity index (χ1v) is 14.0. The lowest BCUT2D eigenvalue weighted by atomic mass is 9.49. The van der Waals surface area contributed by atoms with E-state index in [1.165, 1.54) is 44.9 Å². The number of amides is 1. The summed E-state index contributed by atoms with van der Waals surface area (Å²) in [4.78, 5) is 25.5. The van der Waals surface area contributed by atoms with E-state index in [0.29, 0.717) is 35.1 Å². The highest BCUT2D eigenvalue weighted by Crippen LogP contribution is 2.65. The lowest BCUT2D eigenvalue weighted by molar-refractivity contribution is -0.166. The molecule has 7 atom stereocenters. The molecule has 1 N–H and O–H groups in total. The van der Waals surface area contributed by atoms with E-state index in [1.807, 2.05) is 0 Å². The normalized spacial score (nSPS) is 56.0. The maximum atomic E-state index is 13.6. The zero-order valence-electron chi connectivity index (χ0n) is 20.4. The van der Waals surface area contributed by atoms with E-state index >= 15 is 0 Å². The van der Waals surface area contributed by atoms with Gasteiger partial charge in [-0.25, -0.2) is 4.79 Å². The molecular formula is C29H41NO3. The maximum absolute atomic E-state index is 13.6. The van der Waals surface area contributed by atoms with Crippen LogP contribution in [0.2, 0.25) is 0 Å². The summed E-state index contributed by atoms with van der Waals surface area (Å²) < 4.78 is 5.78. The minimum Gasteiger partial charge on any atom is -0.458 e. The Hall–Kier alpha value is -1.32. The zero-order valence-corrected chi connectivity index (χ0v) is 20.4. The van der Waals surface area contributed by atoms with Gasteiger partial charge in [0.25, 0.3) is 0 Å². The SMILES string of the molecule is C[C@]12CC[C@H]3[C@@H](CC[C@H]4OC(=O)C=C[C@@]43C)[C@@H]1C[C@H](C(=O)NC1C3CC4CC(C3)CC1C4)C2. The van der Waals surface area contributed by atoms with Crippen LogP contribution in [0.3, 0.4) is 0 Å². The van der Waals surface area contributed by atoms with Gasteiger partial charge in [-0.1, -0.05) is 19.9 Å². The first kappa shape index (κ1) is 21.0. The molecule has 0 aromatic carbocycles. The second-order valence-electron chi connectivity index (χ2n) is 13.9. The van der Waals surface area contributed by atoms with Crippen molar-refractivity contribution in [3.63, 3.8) is 0 Å². The number of hydrogen-bond donors (Lipinski definition) is 1. The molecule has 7 aliphatic carbocycles. The second-order valence-corrected chi connectivity index (χ2v) is 13.9. The number of nitrogens with one attached hydrogen (secondary N) is 1. The Morgan fingerprint density at radius 1 is 0.970 bits per heavy atom. The van der Waals surface area contributed by atoms with Gasteiger partial charge in [0.15, 0.2) is 0 Å². The monoisotopic (exact) mass is 451 g/mol. The lowest BCUT2D eigenvalue weighted by Gasteiger charge is -2.57. The largest absolute Gasteiger partial charge is 0.458 e. The van der Waals surface area contributed by atoms with E-state index in [-0.39, 0.29) is 23.4 Å². The topological polar surface area (TPSA) is 55.4 Å². The Morgan fingerprint density at radius 2 is 1.70 bits per heavy atom. The number of ether oxygens (including phenoxy) is 1. The average Bonchev–Trinajstić information content (AvgIpc) is 3.14. The summed E-state index contributed by atoms with van der Waals surface area (Å²) in [6.45, 7) is 4.81. The molecule has 0 spiro atoms. The van der Waals surface area contributed by atoms with E-state index in [4.69, 9.17) is 4.74 Å². The van der Waals surface area contributed by atoms with Crippen LogP contribution < -0.4 is 5.32 Å². The molecule has 8 aliphatic rings. The van der Waals surface area contributed by atoms with Crippen LogP contribution in [0.4, 0.5) is 0 Å². The van der Waals surface area contributed by atoms with Crippen molar-refractivity contribution in [2.24, 2.45) is 58.2 Å². The number of carbonyl (C=O) groups is 2. The van der Waals surface area contributed by atoms with Crippen molar-refractivity contribution in [2.75, 3.05) is 0 Å². The lowest BCUT2D eigenvalue weighted by Crippen LogP contribution is -2.56. The third-order valence-corrected chi connectivity index (χ3v) is 12.2. The summed E-state index contributed by atoms with van der Waals surface area (Å²) >= 11 is 0. The first-order chi connectivity index (χ1) is 15.8. The number of esters is 1. The summed E-state index contributed by atoms with van der Waals surface area (Å²) in [6, 6.07) is 0.463. The van der Waals surface area contributed by atoms with Gasteiger partial charge in [-0.05, 0) is 117 Å². The molecule has 180 valence electrons. The van der Waals surface area contributed by atoms with Crippen molar-refractivity contribution >= 4 is 11.9 Å². The van der Waals surface area contributed by atoms with Gasteiger partial charge in [-0.15, -0.1) is 0 Å². The van der Waals surface area contributed by atoms with Crippen molar-refractivity contribution in [3.8, 4) is 0 Å². The maximum Gasteiger partial charge on any atom is 0.330 e. The summed E-state index contributed by atoms with van der Waals surface area (Å²) in [5.74, 6) is 5.69. The fourth-order valence-corrected chi connectivity index (χ4v) is 10.9.